The number of nitrogens with two attached hydrogens (primary N) is 1. The Kier molecular flexibility index (Phi) is 4.96. The lowest BCUT2D eigenvalue weighted by molar-refractivity contribution is 0.601. The lowest BCUT2D eigenvalue weighted by Gasteiger charge is -2.10. The number of nitrogens with zero attached hydrogens (tertiary/aromatic N) is 1. The number of hydrogen-bond donors (Lipinski definition) is 2. The van der Waals surface area contributed by atoms with Crippen molar-refractivity contribution in [1.29, 1.82) is 0 Å². The van der Waals surface area contributed by atoms with Crippen LogP contribution in [0.4, 0.5) is 10.8 Å². The van der Waals surface area contributed by atoms with E-state index in [2.05, 4.69) is 41.6 Å². The third-order valence-electron chi connectivity index (χ3n) is 2.76. The van der Waals surface area contributed by atoms with Crippen LogP contribution in [0.25, 0.3) is 0 Å². The number of thiazole rings is 1. The Morgan fingerprint density at radius 2 is 2.05 bits per heavy atom. The topological polar surface area (TPSA) is 85.1 Å². The molecule has 0 fully saturated rings. The number of aromatic nitrogens is 1. The number of anilines is 2. The van der Waals surface area contributed by atoms with E-state index >= 15 is 0 Å². The van der Waals surface area contributed by atoms with Gasteiger partial charge in [0.15, 0.2) is 5.13 Å². The van der Waals surface area contributed by atoms with Crippen molar-refractivity contribution in [3.8, 4) is 0 Å². The molecule has 9 heteroatoms. The molecule has 0 radical (unpaired) electrons. The summed E-state index contributed by atoms with van der Waals surface area (Å²) < 4.78 is 28.6. The summed E-state index contributed by atoms with van der Waals surface area (Å²) in [6.45, 7) is 3.89. The molecule has 0 spiro atoms. The van der Waals surface area contributed by atoms with Gasteiger partial charge in [0.2, 0.25) is 0 Å². The highest BCUT2D eigenvalue weighted by Gasteiger charge is 2.23. The first-order valence-corrected chi connectivity index (χ1v) is 9.86. The van der Waals surface area contributed by atoms with Crippen molar-refractivity contribution in [2.24, 2.45) is 0 Å². The predicted octanol–water partition coefficient (Wildman–Crippen LogP) is 3.92. The third kappa shape index (κ3) is 3.58. The van der Waals surface area contributed by atoms with E-state index in [1.165, 1.54) is 11.3 Å². The fourth-order valence-corrected chi connectivity index (χ4v) is 6.04. The summed E-state index contributed by atoms with van der Waals surface area (Å²) >= 11 is 7.81. The highest BCUT2D eigenvalue weighted by atomic mass is 79.9. The van der Waals surface area contributed by atoms with Gasteiger partial charge in [-0.25, -0.2) is 13.4 Å². The Labute approximate surface area is 144 Å². The second-order valence-corrected chi connectivity index (χ2v) is 8.88. The van der Waals surface area contributed by atoms with Crippen LogP contribution in [0, 0.1) is 6.92 Å². The second kappa shape index (κ2) is 6.23. The lowest BCUT2D eigenvalue weighted by Crippen LogP contribution is -2.15. The molecule has 114 valence electrons. The minimum atomic E-state index is -3.80. The maximum atomic E-state index is 12.5. The third-order valence-corrected chi connectivity index (χ3v) is 6.61. The molecule has 0 amide bonds. The molecule has 0 aliphatic heterocycles. The zero-order chi connectivity index (χ0) is 15.8. The van der Waals surface area contributed by atoms with E-state index in [1.807, 2.05) is 13.8 Å². The largest absolute Gasteiger partial charge is 0.398 e. The van der Waals surface area contributed by atoms with Crippen molar-refractivity contribution in [3.63, 3.8) is 0 Å². The van der Waals surface area contributed by atoms with Crippen LogP contribution in [-0.4, -0.2) is 13.4 Å². The standard InChI is InChI=1S/C12H13Br2N3O2S2/c1-3-10-6(2)20-12(16-10)17-21(18,19)11-8(14)4-7(13)5-9(11)15/h4-5H,3,15H2,1-2H3,(H,16,17). The number of aryl methyl sites for hydroxylation is 2. The van der Waals surface area contributed by atoms with Gasteiger partial charge in [-0.3, -0.25) is 4.72 Å². The highest BCUT2D eigenvalue weighted by Crippen LogP contribution is 2.33. The summed E-state index contributed by atoms with van der Waals surface area (Å²) in [5, 5.41) is 0.346. The van der Waals surface area contributed by atoms with Crippen molar-refractivity contribution < 1.29 is 8.42 Å². The summed E-state index contributed by atoms with van der Waals surface area (Å²) in [4.78, 5) is 5.29. The van der Waals surface area contributed by atoms with E-state index in [9.17, 15) is 8.42 Å². The summed E-state index contributed by atoms with van der Waals surface area (Å²) in [6.07, 6.45) is 0.758. The van der Waals surface area contributed by atoms with E-state index in [0.717, 1.165) is 17.0 Å². The Bertz CT molecular complexity index is 765. The SMILES string of the molecule is CCc1nc(NS(=O)(=O)c2c(N)cc(Br)cc2Br)sc1C. The molecule has 0 saturated carbocycles. The summed E-state index contributed by atoms with van der Waals surface area (Å²) in [5.41, 5.74) is 6.88. The molecule has 1 heterocycles. The first-order valence-electron chi connectivity index (χ1n) is 5.98. The molecule has 0 saturated heterocycles. The van der Waals surface area contributed by atoms with E-state index in [-0.39, 0.29) is 10.6 Å². The molecular formula is C12H13Br2N3O2S2. The summed E-state index contributed by atoms with van der Waals surface area (Å²) in [5.74, 6) is 0. The van der Waals surface area contributed by atoms with Crippen LogP contribution in [0.1, 0.15) is 17.5 Å². The van der Waals surface area contributed by atoms with Gasteiger partial charge in [0.05, 0.1) is 11.4 Å². The lowest BCUT2D eigenvalue weighted by atomic mass is 10.3. The van der Waals surface area contributed by atoms with Crippen LogP contribution in [-0.2, 0) is 16.4 Å². The van der Waals surface area contributed by atoms with Gasteiger partial charge in [-0.05, 0) is 41.4 Å². The summed E-state index contributed by atoms with van der Waals surface area (Å²) in [6, 6.07) is 3.18. The van der Waals surface area contributed by atoms with Crippen LogP contribution in [0.2, 0.25) is 0 Å². The average Bonchev–Trinajstić information content (AvgIpc) is 2.66. The molecule has 21 heavy (non-hydrogen) atoms. The van der Waals surface area contributed by atoms with Gasteiger partial charge in [-0.2, -0.15) is 0 Å². The summed E-state index contributed by atoms with van der Waals surface area (Å²) in [7, 11) is -3.80. The molecule has 0 atom stereocenters. The molecule has 5 nitrogen and oxygen atoms in total. The number of hydrogen-bond acceptors (Lipinski definition) is 5. The van der Waals surface area contributed by atoms with Crippen LogP contribution < -0.4 is 10.5 Å². The van der Waals surface area contributed by atoms with Crippen molar-refractivity contribution in [1.82, 2.24) is 4.98 Å². The van der Waals surface area contributed by atoms with E-state index in [1.54, 1.807) is 12.1 Å². The number of sulfonamides is 1. The Balaban J connectivity index is 2.43. The maximum Gasteiger partial charge on any atom is 0.266 e. The molecule has 0 bridgehead atoms. The second-order valence-electron chi connectivity index (χ2n) is 4.29. The van der Waals surface area contributed by atoms with Crippen molar-refractivity contribution in [2.45, 2.75) is 25.2 Å². The van der Waals surface area contributed by atoms with E-state index in [4.69, 9.17) is 5.73 Å². The average molecular weight is 455 g/mol. The Morgan fingerprint density at radius 3 is 2.57 bits per heavy atom. The first kappa shape index (κ1) is 16.7. The van der Waals surface area contributed by atoms with Crippen LogP contribution >= 0.6 is 43.2 Å². The molecule has 1 aromatic heterocycles. The molecule has 3 N–H and O–H groups in total. The Morgan fingerprint density at radius 1 is 1.38 bits per heavy atom. The van der Waals surface area contributed by atoms with E-state index < -0.39 is 10.0 Å². The van der Waals surface area contributed by atoms with Crippen LogP contribution in [0.3, 0.4) is 0 Å². The zero-order valence-electron chi connectivity index (χ0n) is 11.3. The highest BCUT2D eigenvalue weighted by molar-refractivity contribution is 9.11. The molecule has 0 aliphatic carbocycles. The smallest absolute Gasteiger partial charge is 0.266 e. The minimum Gasteiger partial charge on any atom is -0.398 e. The quantitative estimate of drug-likeness (QED) is 0.685. The molecular weight excluding hydrogens is 442 g/mol. The van der Waals surface area contributed by atoms with Gasteiger partial charge in [-0.15, -0.1) is 11.3 Å². The number of nitrogen functional groups attached to an aromatic ring is 1. The van der Waals surface area contributed by atoms with Gasteiger partial charge < -0.3 is 5.73 Å². The van der Waals surface area contributed by atoms with Crippen LogP contribution in [0.5, 0.6) is 0 Å². The predicted molar refractivity (Wildman–Crippen MR) is 93.3 cm³/mol. The normalized spacial score (nSPS) is 11.6. The van der Waals surface area contributed by atoms with Gasteiger partial charge in [0.1, 0.15) is 4.90 Å². The number of nitrogens with one attached hydrogen (secondary N) is 1. The van der Waals surface area contributed by atoms with Crippen molar-refractivity contribution in [3.05, 3.63) is 31.6 Å². The van der Waals surface area contributed by atoms with Crippen LogP contribution in [0.15, 0.2) is 26.0 Å². The Hall–Kier alpha value is -0.640. The maximum absolute atomic E-state index is 12.5. The van der Waals surface area contributed by atoms with Gasteiger partial charge in [0, 0.05) is 13.8 Å². The first-order chi connectivity index (χ1) is 9.74. The zero-order valence-corrected chi connectivity index (χ0v) is 16.1. The molecule has 2 aromatic rings. The van der Waals surface area contributed by atoms with Crippen molar-refractivity contribution in [2.75, 3.05) is 10.5 Å². The van der Waals surface area contributed by atoms with E-state index in [0.29, 0.717) is 14.1 Å². The van der Waals surface area contributed by atoms with Gasteiger partial charge >= 0.3 is 0 Å². The fraction of sp³-hybridized carbons (Fsp3) is 0.250. The van der Waals surface area contributed by atoms with Gasteiger partial charge in [-0.1, -0.05) is 22.9 Å². The number of rotatable bonds is 4. The monoisotopic (exact) mass is 453 g/mol. The molecule has 0 unspecified atom stereocenters. The minimum absolute atomic E-state index is 0.0107. The van der Waals surface area contributed by atoms with Gasteiger partial charge in [0.25, 0.3) is 10.0 Å². The fourth-order valence-electron chi connectivity index (χ4n) is 1.83. The molecule has 1 aromatic carbocycles. The molecule has 0 aliphatic rings. The number of benzene rings is 1. The van der Waals surface area contributed by atoms with Crippen molar-refractivity contribution >= 4 is 64.0 Å². The molecule has 2 rings (SSSR count). The number of halogens is 2.